The van der Waals surface area contributed by atoms with Gasteiger partial charge in [0, 0.05) is 28.6 Å². The van der Waals surface area contributed by atoms with Crippen LogP contribution in [-0.4, -0.2) is 59.4 Å². The summed E-state index contributed by atoms with van der Waals surface area (Å²) >= 11 is 0. The summed E-state index contributed by atoms with van der Waals surface area (Å²) in [6.45, 7) is 1.84. The Bertz CT molecular complexity index is 2140. The average Bonchev–Trinajstić information content (AvgIpc) is 3.35. The maximum Gasteiger partial charge on any atom is 0.524 e. The van der Waals surface area contributed by atoms with E-state index in [0.29, 0.717) is 33.8 Å². The summed E-state index contributed by atoms with van der Waals surface area (Å²) in [4.78, 5) is 18.0. The molecule has 3 heterocycles. The summed E-state index contributed by atoms with van der Waals surface area (Å²) in [6, 6.07) is 18.8. The van der Waals surface area contributed by atoms with Gasteiger partial charge in [0.2, 0.25) is 5.82 Å². The Hall–Kier alpha value is -5.13. The number of hydrogen-bond acceptors (Lipinski definition) is 11. The van der Waals surface area contributed by atoms with Gasteiger partial charge in [-0.3, -0.25) is 4.79 Å². The van der Waals surface area contributed by atoms with Gasteiger partial charge in [0.1, 0.15) is 22.2 Å². The number of aromatic nitrogens is 5. The maximum absolute atomic E-state index is 14.0. The summed E-state index contributed by atoms with van der Waals surface area (Å²) in [6.07, 6.45) is 1.21. The summed E-state index contributed by atoms with van der Waals surface area (Å²) in [5, 5.41) is 17.7. The standard InChI is InChI=1S/C31H25F3N6O6S2/c1-18-7-12-26-22(13-18)23-14-21(44-2)15-25(45-3)28(23)47(26,46-48(42,43)31(32,33)34)27-6-4-5-24(38-27)30(41)35-16-19-8-10-20(11-9-19)29-39-36-17-37-40-29/h4-15,17H,16H2,1-3H3,(H,35,41). The number of nitrogens with one attached hydrogen (secondary N) is 1. The van der Waals surface area contributed by atoms with Gasteiger partial charge < -0.3 is 14.8 Å². The largest absolute Gasteiger partial charge is 0.524 e. The molecule has 5 aromatic rings. The highest BCUT2D eigenvalue weighted by molar-refractivity contribution is 8.33. The molecule has 1 atom stereocenters. The molecular formula is C31H25F3N6O6S2. The van der Waals surface area contributed by atoms with Crippen LogP contribution in [0.4, 0.5) is 13.2 Å². The number of carbonyl (C=O) groups is 1. The highest BCUT2D eigenvalue weighted by atomic mass is 32.3. The molecule has 0 spiro atoms. The highest BCUT2D eigenvalue weighted by Gasteiger charge is 2.56. The van der Waals surface area contributed by atoms with E-state index in [2.05, 4.69) is 30.7 Å². The van der Waals surface area contributed by atoms with Crippen LogP contribution in [0.15, 0.2) is 93.9 Å². The van der Waals surface area contributed by atoms with Crippen molar-refractivity contribution in [2.75, 3.05) is 14.2 Å². The molecule has 0 radical (unpaired) electrons. The van der Waals surface area contributed by atoms with Crippen LogP contribution >= 0.6 is 10.3 Å². The summed E-state index contributed by atoms with van der Waals surface area (Å²) in [7, 11) is -7.38. The van der Waals surface area contributed by atoms with Crippen molar-refractivity contribution in [3.63, 3.8) is 0 Å². The molecule has 0 fully saturated rings. The molecule has 1 N–H and O–H groups in total. The van der Waals surface area contributed by atoms with Crippen molar-refractivity contribution in [2.24, 2.45) is 0 Å². The number of fused-ring (bicyclic) bond motifs is 3. The zero-order chi connectivity index (χ0) is 34.3. The fourth-order valence-corrected chi connectivity index (χ4v) is 10.1. The second-order valence-electron chi connectivity index (χ2n) is 10.3. The summed E-state index contributed by atoms with van der Waals surface area (Å²) < 4.78 is 84.2. The van der Waals surface area contributed by atoms with Crippen LogP contribution in [0.2, 0.25) is 0 Å². The third-order valence-electron chi connectivity index (χ3n) is 7.31. The number of halogens is 3. The Balaban J connectivity index is 1.44. The van der Waals surface area contributed by atoms with Gasteiger partial charge >= 0.3 is 15.6 Å². The third-order valence-corrected chi connectivity index (χ3v) is 12.2. The number of aryl methyl sites for hydroxylation is 1. The Morgan fingerprint density at radius 1 is 0.917 bits per heavy atom. The number of rotatable bonds is 9. The van der Waals surface area contributed by atoms with E-state index in [0.717, 1.165) is 5.56 Å². The van der Waals surface area contributed by atoms with Crippen molar-refractivity contribution in [3.8, 4) is 34.0 Å². The molecule has 0 bridgehead atoms. The first-order valence-electron chi connectivity index (χ1n) is 14.0. The van der Waals surface area contributed by atoms with Gasteiger partial charge in [-0.1, -0.05) is 48.0 Å². The topological polar surface area (TPSA) is 155 Å². The molecule has 1 amide bonds. The van der Waals surface area contributed by atoms with Gasteiger partial charge in [-0.25, -0.2) is 4.98 Å². The van der Waals surface area contributed by atoms with Gasteiger partial charge in [0.25, 0.3) is 5.91 Å². The molecule has 0 saturated carbocycles. The van der Waals surface area contributed by atoms with E-state index >= 15 is 0 Å². The normalized spacial score (nSPS) is 16.7. The van der Waals surface area contributed by atoms with Crippen molar-refractivity contribution in [2.45, 2.75) is 33.8 Å². The average molecular weight is 699 g/mol. The molecule has 6 rings (SSSR count). The van der Waals surface area contributed by atoms with Crippen LogP contribution in [0.5, 0.6) is 11.5 Å². The minimum Gasteiger partial charge on any atom is -0.497 e. The van der Waals surface area contributed by atoms with Crippen molar-refractivity contribution in [1.29, 1.82) is 0 Å². The highest BCUT2D eigenvalue weighted by Crippen LogP contribution is 2.79. The SMILES string of the molecule is COc1cc(OC)c2c(c1)-c1cc(C)ccc1S2(OS(=O)(=O)C(F)(F)F)c1cccc(C(=O)NCc2ccc(-c3nncnn3)cc2)n1. The monoisotopic (exact) mass is 698 g/mol. The molecule has 17 heteroatoms. The molecule has 0 saturated heterocycles. The van der Waals surface area contributed by atoms with Crippen LogP contribution in [0.25, 0.3) is 22.5 Å². The van der Waals surface area contributed by atoms with Crippen molar-refractivity contribution >= 4 is 26.3 Å². The van der Waals surface area contributed by atoms with Gasteiger partial charge in [0.15, 0.2) is 6.33 Å². The fraction of sp³-hybridized carbons (Fsp3) is 0.161. The van der Waals surface area contributed by atoms with Crippen LogP contribution < -0.4 is 14.8 Å². The number of methoxy groups -OCH3 is 2. The minimum absolute atomic E-state index is 0.0122. The molecule has 48 heavy (non-hydrogen) atoms. The molecule has 248 valence electrons. The smallest absolute Gasteiger partial charge is 0.497 e. The quantitative estimate of drug-likeness (QED) is 0.191. The van der Waals surface area contributed by atoms with E-state index in [9.17, 15) is 26.4 Å². The third kappa shape index (κ3) is 5.80. The first-order valence-corrected chi connectivity index (χ1v) is 16.9. The lowest BCUT2D eigenvalue weighted by Gasteiger charge is -2.36. The number of pyridine rings is 1. The molecule has 1 aliphatic heterocycles. The Morgan fingerprint density at radius 3 is 2.31 bits per heavy atom. The molecular weight excluding hydrogens is 674 g/mol. The Kier molecular flexibility index (Phi) is 8.52. The van der Waals surface area contributed by atoms with Crippen molar-refractivity contribution in [3.05, 3.63) is 95.9 Å². The maximum atomic E-state index is 14.0. The number of nitrogens with zero attached hydrogens (tertiary/aromatic N) is 5. The lowest BCUT2D eigenvalue weighted by molar-refractivity contribution is -0.0496. The van der Waals surface area contributed by atoms with Crippen LogP contribution in [0.1, 0.15) is 21.6 Å². The first-order chi connectivity index (χ1) is 22.9. The molecule has 1 unspecified atom stereocenters. The molecule has 0 aliphatic carbocycles. The van der Waals surface area contributed by atoms with Crippen molar-refractivity contribution in [1.82, 2.24) is 30.7 Å². The number of hydrogen-bond donors (Lipinski definition) is 1. The van der Waals surface area contributed by atoms with E-state index < -0.39 is 31.8 Å². The lowest BCUT2D eigenvalue weighted by Crippen LogP contribution is -2.28. The number of carbonyl (C=O) groups excluding carboxylic acids is 1. The fourth-order valence-electron chi connectivity index (χ4n) is 5.12. The number of amides is 1. The molecule has 3 aromatic carbocycles. The van der Waals surface area contributed by atoms with Gasteiger partial charge in [-0.15, -0.1) is 20.4 Å². The molecule has 12 nitrogen and oxygen atoms in total. The van der Waals surface area contributed by atoms with E-state index in [-0.39, 0.29) is 32.8 Å². The van der Waals surface area contributed by atoms with Crippen LogP contribution in [0.3, 0.4) is 0 Å². The van der Waals surface area contributed by atoms with Crippen LogP contribution in [-0.2, 0) is 20.3 Å². The van der Waals surface area contributed by atoms with Crippen LogP contribution in [0, 0.1) is 6.92 Å². The molecule has 2 aromatic heterocycles. The summed E-state index contributed by atoms with van der Waals surface area (Å²) in [5.41, 5.74) is -3.11. The zero-order valence-electron chi connectivity index (χ0n) is 25.3. The second-order valence-corrected chi connectivity index (χ2v) is 14.6. The Labute approximate surface area is 274 Å². The predicted octanol–water partition coefficient (Wildman–Crippen LogP) is 5.63. The van der Waals surface area contributed by atoms with Gasteiger partial charge in [0.05, 0.1) is 19.1 Å². The van der Waals surface area contributed by atoms with Gasteiger partial charge in [-0.2, -0.15) is 25.2 Å². The number of benzene rings is 3. The Morgan fingerprint density at radius 2 is 1.65 bits per heavy atom. The first kappa shape index (κ1) is 32.8. The van der Waals surface area contributed by atoms with E-state index in [1.807, 2.05) is 0 Å². The minimum atomic E-state index is -6.23. The number of ether oxygens (including phenoxy) is 2. The zero-order valence-corrected chi connectivity index (χ0v) is 27.0. The molecule has 1 aliphatic rings. The van der Waals surface area contributed by atoms with Gasteiger partial charge in [-0.05, 0) is 52.6 Å². The second kappa shape index (κ2) is 12.5. The van der Waals surface area contributed by atoms with E-state index in [1.54, 1.807) is 49.4 Å². The lowest BCUT2D eigenvalue weighted by atomic mass is 10.0. The summed E-state index contributed by atoms with van der Waals surface area (Å²) in [5.74, 6) is -0.0256. The van der Waals surface area contributed by atoms with E-state index in [4.69, 9.17) is 13.1 Å². The predicted molar refractivity (Wildman–Crippen MR) is 167 cm³/mol. The number of alkyl halides is 3. The van der Waals surface area contributed by atoms with E-state index in [1.165, 1.54) is 50.9 Å². The van der Waals surface area contributed by atoms with Crippen molar-refractivity contribution < 1.29 is 39.5 Å².